The van der Waals surface area contributed by atoms with Gasteiger partial charge in [-0.05, 0) is 47.6 Å². The summed E-state index contributed by atoms with van der Waals surface area (Å²) in [5.41, 5.74) is 2.11. The Hall–Kier alpha value is -2.55. The SMILES string of the molecule is CC1CC(C)CN(C(=O)/C=C/c2cccc(OCc3ccccc3)c2)C1. The Morgan fingerprint density at radius 3 is 2.54 bits per heavy atom. The molecule has 136 valence electrons. The normalized spacial score (nSPS) is 20.3. The molecule has 3 nitrogen and oxygen atoms in total. The number of hydrogen-bond donors (Lipinski definition) is 0. The average Bonchev–Trinajstić information content (AvgIpc) is 2.65. The number of rotatable bonds is 5. The van der Waals surface area contributed by atoms with Gasteiger partial charge in [-0.2, -0.15) is 0 Å². The fourth-order valence-electron chi connectivity index (χ4n) is 3.56. The van der Waals surface area contributed by atoms with E-state index in [1.807, 2.05) is 65.6 Å². The van der Waals surface area contributed by atoms with E-state index in [-0.39, 0.29) is 5.91 Å². The number of nitrogens with zero attached hydrogens (tertiary/aromatic N) is 1. The fraction of sp³-hybridized carbons (Fsp3) is 0.348. The summed E-state index contributed by atoms with van der Waals surface area (Å²) in [6.07, 6.45) is 4.76. The molecule has 2 aromatic rings. The van der Waals surface area contributed by atoms with E-state index < -0.39 is 0 Å². The molecular weight excluding hydrogens is 322 g/mol. The first-order chi connectivity index (χ1) is 12.6. The molecule has 0 N–H and O–H groups in total. The van der Waals surface area contributed by atoms with Crippen LogP contribution in [-0.2, 0) is 11.4 Å². The molecule has 0 saturated carbocycles. The lowest BCUT2D eigenvalue weighted by Crippen LogP contribution is -2.41. The molecule has 0 aliphatic carbocycles. The lowest BCUT2D eigenvalue weighted by molar-refractivity contribution is -0.128. The highest BCUT2D eigenvalue weighted by atomic mass is 16.5. The van der Waals surface area contributed by atoms with Gasteiger partial charge < -0.3 is 9.64 Å². The van der Waals surface area contributed by atoms with Crippen molar-refractivity contribution >= 4 is 12.0 Å². The second-order valence-electron chi connectivity index (χ2n) is 7.37. The maximum absolute atomic E-state index is 12.5. The maximum Gasteiger partial charge on any atom is 0.246 e. The van der Waals surface area contributed by atoms with E-state index in [1.54, 1.807) is 6.08 Å². The van der Waals surface area contributed by atoms with Gasteiger partial charge in [-0.1, -0.05) is 56.3 Å². The van der Waals surface area contributed by atoms with Gasteiger partial charge in [0.05, 0.1) is 0 Å². The van der Waals surface area contributed by atoms with Gasteiger partial charge in [0.25, 0.3) is 0 Å². The van der Waals surface area contributed by atoms with Crippen molar-refractivity contribution in [2.45, 2.75) is 26.9 Å². The Kier molecular flexibility index (Phi) is 6.11. The summed E-state index contributed by atoms with van der Waals surface area (Å²) in [6.45, 7) is 6.68. The second-order valence-corrected chi connectivity index (χ2v) is 7.37. The first-order valence-corrected chi connectivity index (χ1v) is 9.34. The van der Waals surface area contributed by atoms with Crippen molar-refractivity contribution in [1.29, 1.82) is 0 Å². The number of piperidine rings is 1. The molecule has 0 radical (unpaired) electrons. The highest BCUT2D eigenvalue weighted by molar-refractivity contribution is 5.91. The standard InChI is InChI=1S/C23H27NO2/c1-18-13-19(2)16-24(15-18)23(25)12-11-20-9-6-10-22(14-20)26-17-21-7-4-3-5-8-21/h3-12,14,18-19H,13,15-17H2,1-2H3/b12-11+. The van der Waals surface area contributed by atoms with Crippen LogP contribution in [-0.4, -0.2) is 23.9 Å². The number of carbonyl (C=O) groups is 1. The summed E-state index contributed by atoms with van der Waals surface area (Å²) >= 11 is 0. The minimum absolute atomic E-state index is 0.0963. The van der Waals surface area contributed by atoms with Crippen molar-refractivity contribution in [2.75, 3.05) is 13.1 Å². The number of carbonyl (C=O) groups excluding carboxylic acids is 1. The van der Waals surface area contributed by atoms with Crippen LogP contribution < -0.4 is 4.74 Å². The zero-order valence-electron chi connectivity index (χ0n) is 15.6. The van der Waals surface area contributed by atoms with Gasteiger partial charge in [0.1, 0.15) is 12.4 Å². The van der Waals surface area contributed by atoms with Crippen molar-refractivity contribution in [3.8, 4) is 5.75 Å². The molecule has 1 fully saturated rings. The van der Waals surface area contributed by atoms with Crippen molar-refractivity contribution in [3.05, 3.63) is 71.8 Å². The molecule has 1 aliphatic heterocycles. The van der Waals surface area contributed by atoms with Gasteiger partial charge in [-0.3, -0.25) is 4.79 Å². The van der Waals surface area contributed by atoms with Gasteiger partial charge in [0, 0.05) is 19.2 Å². The first kappa shape index (κ1) is 18.2. The van der Waals surface area contributed by atoms with Crippen LogP contribution in [0, 0.1) is 11.8 Å². The molecule has 3 heteroatoms. The number of amides is 1. The highest BCUT2D eigenvalue weighted by Gasteiger charge is 2.23. The van der Waals surface area contributed by atoms with Crippen LogP contribution in [0.15, 0.2) is 60.7 Å². The fourth-order valence-corrected chi connectivity index (χ4v) is 3.56. The molecule has 1 heterocycles. The van der Waals surface area contributed by atoms with Crippen LogP contribution in [0.3, 0.4) is 0 Å². The maximum atomic E-state index is 12.5. The van der Waals surface area contributed by atoms with E-state index in [4.69, 9.17) is 4.74 Å². The topological polar surface area (TPSA) is 29.5 Å². The molecule has 0 spiro atoms. The lowest BCUT2D eigenvalue weighted by atomic mass is 9.92. The summed E-state index contributed by atoms with van der Waals surface area (Å²) < 4.78 is 5.85. The average molecular weight is 349 g/mol. The van der Waals surface area contributed by atoms with E-state index in [1.165, 1.54) is 6.42 Å². The first-order valence-electron chi connectivity index (χ1n) is 9.34. The lowest BCUT2D eigenvalue weighted by Gasteiger charge is -2.34. The zero-order chi connectivity index (χ0) is 18.4. The predicted molar refractivity (Wildman–Crippen MR) is 106 cm³/mol. The van der Waals surface area contributed by atoms with Gasteiger partial charge in [-0.25, -0.2) is 0 Å². The molecule has 3 rings (SSSR count). The number of hydrogen-bond acceptors (Lipinski definition) is 2. The summed E-state index contributed by atoms with van der Waals surface area (Å²) in [4.78, 5) is 14.4. The van der Waals surface area contributed by atoms with E-state index >= 15 is 0 Å². The molecule has 1 amide bonds. The number of benzene rings is 2. The summed E-state index contributed by atoms with van der Waals surface area (Å²) in [5.74, 6) is 2.05. The quantitative estimate of drug-likeness (QED) is 0.727. The molecule has 1 aliphatic rings. The number of likely N-dealkylation sites (tertiary alicyclic amines) is 1. The van der Waals surface area contributed by atoms with Gasteiger partial charge in [-0.15, -0.1) is 0 Å². The summed E-state index contributed by atoms with van der Waals surface area (Å²) in [6, 6.07) is 17.9. The van der Waals surface area contributed by atoms with E-state index in [2.05, 4.69) is 13.8 Å². The Balaban J connectivity index is 1.59. The smallest absolute Gasteiger partial charge is 0.246 e. The molecule has 0 bridgehead atoms. The van der Waals surface area contributed by atoms with Crippen molar-refractivity contribution in [1.82, 2.24) is 4.90 Å². The second kappa shape index (κ2) is 8.70. The van der Waals surface area contributed by atoms with Crippen LogP contribution in [0.1, 0.15) is 31.4 Å². The summed E-state index contributed by atoms with van der Waals surface area (Å²) in [7, 11) is 0. The largest absolute Gasteiger partial charge is 0.489 e. The van der Waals surface area contributed by atoms with Crippen LogP contribution in [0.4, 0.5) is 0 Å². The number of ether oxygens (including phenoxy) is 1. The molecule has 2 aromatic carbocycles. The van der Waals surface area contributed by atoms with Crippen LogP contribution >= 0.6 is 0 Å². The molecular formula is C23H27NO2. The van der Waals surface area contributed by atoms with Crippen LogP contribution in [0.25, 0.3) is 6.08 Å². The van der Waals surface area contributed by atoms with Gasteiger partial charge in [0.2, 0.25) is 5.91 Å². The van der Waals surface area contributed by atoms with E-state index in [0.29, 0.717) is 18.4 Å². The predicted octanol–water partition coefficient (Wildman–Crippen LogP) is 4.78. The molecule has 2 atom stereocenters. The molecule has 2 unspecified atom stereocenters. The van der Waals surface area contributed by atoms with E-state index in [9.17, 15) is 4.79 Å². The van der Waals surface area contributed by atoms with Crippen LogP contribution in [0.5, 0.6) is 5.75 Å². The van der Waals surface area contributed by atoms with Gasteiger partial charge in [0.15, 0.2) is 0 Å². The highest BCUT2D eigenvalue weighted by Crippen LogP contribution is 2.21. The minimum Gasteiger partial charge on any atom is -0.489 e. The Morgan fingerprint density at radius 1 is 1.08 bits per heavy atom. The van der Waals surface area contributed by atoms with Crippen LogP contribution in [0.2, 0.25) is 0 Å². The Labute approximate surface area is 156 Å². The third-order valence-corrected chi connectivity index (χ3v) is 4.71. The van der Waals surface area contributed by atoms with Gasteiger partial charge >= 0.3 is 0 Å². The molecule has 0 aromatic heterocycles. The minimum atomic E-state index is 0.0963. The third-order valence-electron chi connectivity index (χ3n) is 4.71. The van der Waals surface area contributed by atoms with Crippen molar-refractivity contribution < 1.29 is 9.53 Å². The Morgan fingerprint density at radius 2 is 1.81 bits per heavy atom. The third kappa shape index (κ3) is 5.22. The molecule has 26 heavy (non-hydrogen) atoms. The Bertz CT molecular complexity index is 744. The van der Waals surface area contributed by atoms with Crippen molar-refractivity contribution in [2.24, 2.45) is 11.8 Å². The monoisotopic (exact) mass is 349 g/mol. The van der Waals surface area contributed by atoms with Crippen molar-refractivity contribution in [3.63, 3.8) is 0 Å². The van der Waals surface area contributed by atoms with E-state index in [0.717, 1.165) is 30.0 Å². The zero-order valence-corrected chi connectivity index (χ0v) is 15.6. The molecule has 1 saturated heterocycles. The summed E-state index contributed by atoms with van der Waals surface area (Å²) in [5, 5.41) is 0.